The Hall–Kier alpha value is -3.87. The lowest BCUT2D eigenvalue weighted by Gasteiger charge is -2.34. The maximum absolute atomic E-state index is 13.9. The predicted molar refractivity (Wildman–Crippen MR) is 122 cm³/mol. The van der Waals surface area contributed by atoms with E-state index in [2.05, 4.69) is 12.1 Å². The predicted octanol–water partition coefficient (Wildman–Crippen LogP) is 5.17. The molecule has 3 heterocycles. The Balaban J connectivity index is 1.72. The van der Waals surface area contributed by atoms with Gasteiger partial charge < -0.3 is 9.64 Å². The molecule has 5 nitrogen and oxygen atoms in total. The molecule has 156 valence electrons. The molecular formula is C26H19N3O2S. The minimum absolute atomic E-state index is 0.118. The highest BCUT2D eigenvalue weighted by Gasteiger charge is 2.64. The third-order valence-corrected chi connectivity index (χ3v) is 7.39. The summed E-state index contributed by atoms with van der Waals surface area (Å²) in [5, 5.41) is 22.8. The van der Waals surface area contributed by atoms with E-state index in [0.29, 0.717) is 11.3 Å². The number of nitrogens with zero attached hydrogens (tertiary/aromatic N) is 3. The molecule has 0 spiro atoms. The molecule has 2 aromatic carbocycles. The quantitative estimate of drug-likeness (QED) is 0.527. The number of nitriles is 2. The van der Waals surface area contributed by atoms with Crippen LogP contribution in [0.25, 0.3) is 6.08 Å². The number of benzene rings is 2. The fourth-order valence-corrected chi connectivity index (χ4v) is 5.93. The smallest absolute Gasteiger partial charge is 0.185 e. The number of methoxy groups -OCH3 is 1. The Morgan fingerprint density at radius 3 is 2.47 bits per heavy atom. The number of rotatable bonds is 4. The first-order valence-corrected chi connectivity index (χ1v) is 11.1. The van der Waals surface area contributed by atoms with Gasteiger partial charge in [0.1, 0.15) is 11.8 Å². The third kappa shape index (κ3) is 2.77. The number of thiophene rings is 1. The minimum atomic E-state index is -1.42. The first-order valence-electron chi connectivity index (χ1n) is 10.2. The maximum atomic E-state index is 13.9. The van der Waals surface area contributed by atoms with Crippen LogP contribution < -0.4 is 4.74 Å². The summed E-state index contributed by atoms with van der Waals surface area (Å²) < 4.78 is 5.23. The summed E-state index contributed by atoms with van der Waals surface area (Å²) in [4.78, 5) is 16.7. The first-order chi connectivity index (χ1) is 15.6. The zero-order chi connectivity index (χ0) is 22.3. The van der Waals surface area contributed by atoms with Gasteiger partial charge in [0.25, 0.3) is 0 Å². The van der Waals surface area contributed by atoms with Crippen LogP contribution in [-0.2, 0) is 0 Å². The normalized spacial score (nSPS) is 22.3. The van der Waals surface area contributed by atoms with E-state index in [1.54, 1.807) is 31.4 Å². The summed E-state index contributed by atoms with van der Waals surface area (Å²) in [5.41, 5.74) is 0.962. The van der Waals surface area contributed by atoms with Crippen LogP contribution >= 0.6 is 11.3 Å². The van der Waals surface area contributed by atoms with Gasteiger partial charge in [-0.25, -0.2) is 0 Å². The monoisotopic (exact) mass is 437 g/mol. The fraction of sp³-hybridized carbons (Fsp3) is 0.192. The van der Waals surface area contributed by atoms with Crippen molar-refractivity contribution in [2.45, 2.75) is 18.0 Å². The number of fused-ring (bicyclic) bond motifs is 3. The number of carbonyl (C=O) groups is 1. The molecule has 0 amide bonds. The molecule has 0 unspecified atom stereocenters. The van der Waals surface area contributed by atoms with Gasteiger partial charge in [-0.15, -0.1) is 11.3 Å². The average Bonchev–Trinajstić information content (AvgIpc) is 3.48. The van der Waals surface area contributed by atoms with Crippen LogP contribution in [0.5, 0.6) is 5.75 Å². The third-order valence-electron chi connectivity index (χ3n) is 6.44. The van der Waals surface area contributed by atoms with Crippen molar-refractivity contribution in [1.82, 2.24) is 4.90 Å². The number of ketones is 1. The van der Waals surface area contributed by atoms with E-state index in [1.807, 2.05) is 59.0 Å². The van der Waals surface area contributed by atoms with Crippen LogP contribution in [0.4, 0.5) is 0 Å². The standard InChI is InChI=1S/C26H19N3O2S/c1-31-19-10-8-18(9-11-19)24(30)23-22(21-7-4-14-32-21)26(15-27,16-28)25-20-6-3-2-5-17(20)12-13-29(23)25/h2-14,22-23,25H,1H3/t22-,23+,25-/m0/s1. The minimum Gasteiger partial charge on any atom is -0.497 e. The Morgan fingerprint density at radius 1 is 1.06 bits per heavy atom. The summed E-state index contributed by atoms with van der Waals surface area (Å²) >= 11 is 1.48. The highest BCUT2D eigenvalue weighted by Crippen LogP contribution is 2.60. The Labute approximate surface area is 190 Å². The van der Waals surface area contributed by atoms with Crippen molar-refractivity contribution in [3.63, 3.8) is 0 Å². The molecule has 0 aliphatic carbocycles. The van der Waals surface area contributed by atoms with Crippen molar-refractivity contribution in [2.24, 2.45) is 5.41 Å². The summed E-state index contributed by atoms with van der Waals surface area (Å²) in [6.07, 6.45) is 3.83. The Morgan fingerprint density at radius 2 is 1.81 bits per heavy atom. The molecule has 2 aliphatic rings. The van der Waals surface area contributed by atoms with Gasteiger partial charge in [-0.05, 0) is 52.9 Å². The molecular weight excluding hydrogens is 418 g/mol. The zero-order valence-corrected chi connectivity index (χ0v) is 18.1. The molecule has 32 heavy (non-hydrogen) atoms. The van der Waals surface area contributed by atoms with Crippen molar-refractivity contribution < 1.29 is 9.53 Å². The molecule has 0 radical (unpaired) electrons. The number of hydrogen-bond acceptors (Lipinski definition) is 6. The summed E-state index contributed by atoms with van der Waals surface area (Å²) in [7, 11) is 1.58. The second-order valence-corrected chi connectivity index (χ2v) is 8.90. The van der Waals surface area contributed by atoms with E-state index in [0.717, 1.165) is 16.0 Å². The van der Waals surface area contributed by atoms with Crippen LogP contribution in [-0.4, -0.2) is 23.8 Å². The largest absolute Gasteiger partial charge is 0.497 e. The zero-order valence-electron chi connectivity index (χ0n) is 17.3. The molecule has 6 heteroatoms. The van der Waals surface area contributed by atoms with Crippen LogP contribution in [0.3, 0.4) is 0 Å². The molecule has 0 N–H and O–H groups in total. The lowest BCUT2D eigenvalue weighted by molar-refractivity contribution is 0.0875. The number of Topliss-reactive ketones (excluding diaryl/α,β-unsaturated/α-hetero) is 1. The van der Waals surface area contributed by atoms with Crippen LogP contribution in [0.1, 0.15) is 38.3 Å². The van der Waals surface area contributed by atoms with E-state index in [-0.39, 0.29) is 5.78 Å². The van der Waals surface area contributed by atoms with Gasteiger partial charge in [-0.1, -0.05) is 30.3 Å². The van der Waals surface area contributed by atoms with Gasteiger partial charge in [0.15, 0.2) is 11.2 Å². The fourth-order valence-electron chi connectivity index (χ4n) is 5.00. The molecule has 3 aromatic rings. The number of ether oxygens (including phenoxy) is 1. The van der Waals surface area contributed by atoms with Gasteiger partial charge in [0.2, 0.25) is 0 Å². The second kappa shape index (κ2) is 7.67. The maximum Gasteiger partial charge on any atom is 0.185 e. The number of hydrogen-bond donors (Lipinski definition) is 0. The summed E-state index contributed by atoms with van der Waals surface area (Å²) in [5.74, 6) is -0.0452. The van der Waals surface area contributed by atoms with Crippen molar-refractivity contribution >= 4 is 23.2 Å². The van der Waals surface area contributed by atoms with E-state index in [4.69, 9.17) is 4.74 Å². The Bertz CT molecular complexity index is 1270. The summed E-state index contributed by atoms with van der Waals surface area (Å²) in [6, 6.07) is 22.1. The van der Waals surface area contributed by atoms with Gasteiger partial charge in [0, 0.05) is 16.6 Å². The van der Waals surface area contributed by atoms with E-state index in [9.17, 15) is 15.3 Å². The molecule has 1 saturated heterocycles. The highest BCUT2D eigenvalue weighted by atomic mass is 32.1. The summed E-state index contributed by atoms with van der Waals surface area (Å²) in [6.45, 7) is 0. The molecule has 5 rings (SSSR count). The average molecular weight is 438 g/mol. The van der Waals surface area contributed by atoms with E-state index >= 15 is 0 Å². The molecule has 1 fully saturated rings. The lowest BCUT2D eigenvalue weighted by Crippen LogP contribution is -2.37. The second-order valence-electron chi connectivity index (χ2n) is 7.92. The van der Waals surface area contributed by atoms with Gasteiger partial charge >= 0.3 is 0 Å². The van der Waals surface area contributed by atoms with Gasteiger partial charge in [-0.3, -0.25) is 4.79 Å². The van der Waals surface area contributed by atoms with Crippen molar-refractivity contribution in [1.29, 1.82) is 10.5 Å². The lowest BCUT2D eigenvalue weighted by atomic mass is 9.69. The highest BCUT2D eigenvalue weighted by molar-refractivity contribution is 7.10. The van der Waals surface area contributed by atoms with Crippen molar-refractivity contribution in [3.05, 3.63) is 93.8 Å². The molecule has 3 atom stereocenters. The van der Waals surface area contributed by atoms with Crippen LogP contribution in [0, 0.1) is 28.1 Å². The molecule has 2 aliphatic heterocycles. The van der Waals surface area contributed by atoms with Crippen LogP contribution in [0.2, 0.25) is 0 Å². The number of carbonyl (C=O) groups excluding carboxylic acids is 1. The molecule has 0 saturated carbocycles. The first kappa shape index (κ1) is 20.1. The van der Waals surface area contributed by atoms with E-state index in [1.165, 1.54) is 11.3 Å². The topological polar surface area (TPSA) is 77.1 Å². The molecule has 0 bridgehead atoms. The SMILES string of the molecule is COc1ccc(C(=O)[C@H]2[C@H](c3cccs3)C(C#N)(C#N)[C@@H]3c4ccccc4C=CN32)cc1. The van der Waals surface area contributed by atoms with Gasteiger partial charge in [0.05, 0.1) is 31.2 Å². The van der Waals surface area contributed by atoms with Crippen molar-refractivity contribution in [2.75, 3.05) is 7.11 Å². The van der Waals surface area contributed by atoms with Crippen molar-refractivity contribution in [3.8, 4) is 17.9 Å². The molecule has 1 aromatic heterocycles. The Kier molecular flexibility index (Phi) is 4.81. The van der Waals surface area contributed by atoms with E-state index < -0.39 is 23.4 Å². The van der Waals surface area contributed by atoms with Gasteiger partial charge in [-0.2, -0.15) is 10.5 Å². The van der Waals surface area contributed by atoms with Crippen LogP contribution in [0.15, 0.2) is 72.2 Å².